The summed E-state index contributed by atoms with van der Waals surface area (Å²) in [4.78, 5) is 14.2. The van der Waals surface area contributed by atoms with Crippen LogP contribution in [0, 0.1) is 5.92 Å². The van der Waals surface area contributed by atoms with Gasteiger partial charge in [-0.05, 0) is 52.9 Å². The van der Waals surface area contributed by atoms with E-state index in [4.69, 9.17) is 4.74 Å². The monoisotopic (exact) mass is 389 g/mol. The van der Waals surface area contributed by atoms with Gasteiger partial charge in [0.25, 0.3) is 5.91 Å². The summed E-state index contributed by atoms with van der Waals surface area (Å²) in [6, 6.07) is 5.62. The van der Waals surface area contributed by atoms with E-state index in [9.17, 15) is 4.79 Å². The molecule has 1 aliphatic rings. The van der Waals surface area contributed by atoms with E-state index in [0.29, 0.717) is 11.5 Å². The molecule has 1 heterocycles. The van der Waals surface area contributed by atoms with E-state index < -0.39 is 0 Å². The van der Waals surface area contributed by atoms with E-state index in [0.717, 1.165) is 41.5 Å². The predicted octanol–water partition coefficient (Wildman–Crippen LogP) is 3.71. The number of amides is 1. The number of benzene rings is 1. The molecule has 0 aromatic heterocycles. The highest BCUT2D eigenvalue weighted by Crippen LogP contribution is 2.23. The third kappa shape index (κ3) is 4.04. The standard InChI is InChI=1S/C14H17Br2NO2/c1-17(8-10-3-2-6-19-9-10)14(18)12-5-4-11(15)7-13(12)16/h4-5,7,10H,2-3,6,8-9H2,1H3. The minimum Gasteiger partial charge on any atom is -0.381 e. The van der Waals surface area contributed by atoms with Crippen molar-refractivity contribution in [2.75, 3.05) is 26.8 Å². The molecular weight excluding hydrogens is 374 g/mol. The van der Waals surface area contributed by atoms with Crippen LogP contribution in [0.4, 0.5) is 0 Å². The Morgan fingerprint density at radius 3 is 2.89 bits per heavy atom. The minimum absolute atomic E-state index is 0.0462. The Morgan fingerprint density at radius 2 is 2.26 bits per heavy atom. The van der Waals surface area contributed by atoms with E-state index >= 15 is 0 Å². The summed E-state index contributed by atoms with van der Waals surface area (Å²) in [5.74, 6) is 0.502. The summed E-state index contributed by atoms with van der Waals surface area (Å²) in [5, 5.41) is 0. The molecule has 0 saturated carbocycles. The van der Waals surface area contributed by atoms with Crippen LogP contribution in [0.2, 0.25) is 0 Å². The average Bonchev–Trinajstić information content (AvgIpc) is 2.39. The molecule has 1 fully saturated rings. The zero-order valence-electron chi connectivity index (χ0n) is 10.9. The van der Waals surface area contributed by atoms with Crippen molar-refractivity contribution >= 4 is 37.8 Å². The highest BCUT2D eigenvalue weighted by Gasteiger charge is 2.20. The summed E-state index contributed by atoms with van der Waals surface area (Å²) in [6.07, 6.45) is 2.23. The Balaban J connectivity index is 2.01. The van der Waals surface area contributed by atoms with Gasteiger partial charge in [-0.25, -0.2) is 0 Å². The molecule has 0 aliphatic carbocycles. The Labute approximate surface area is 130 Å². The van der Waals surface area contributed by atoms with Gasteiger partial charge < -0.3 is 9.64 Å². The van der Waals surface area contributed by atoms with Crippen molar-refractivity contribution in [2.24, 2.45) is 5.92 Å². The zero-order chi connectivity index (χ0) is 13.8. The molecule has 1 aliphatic heterocycles. The molecule has 3 nitrogen and oxygen atoms in total. The fourth-order valence-electron chi connectivity index (χ4n) is 2.29. The van der Waals surface area contributed by atoms with Gasteiger partial charge in [0.1, 0.15) is 0 Å². The second kappa shape index (κ2) is 6.86. The number of rotatable bonds is 3. The van der Waals surface area contributed by atoms with Crippen molar-refractivity contribution in [3.8, 4) is 0 Å². The summed E-state index contributed by atoms with van der Waals surface area (Å²) in [6.45, 7) is 2.37. The summed E-state index contributed by atoms with van der Waals surface area (Å²) < 4.78 is 7.23. The molecule has 19 heavy (non-hydrogen) atoms. The third-order valence-electron chi connectivity index (χ3n) is 3.29. The molecule has 1 aromatic carbocycles. The van der Waals surface area contributed by atoms with E-state index in [2.05, 4.69) is 31.9 Å². The molecule has 1 aromatic rings. The lowest BCUT2D eigenvalue weighted by Crippen LogP contribution is -2.35. The highest BCUT2D eigenvalue weighted by molar-refractivity contribution is 9.11. The Bertz CT molecular complexity index is 459. The maximum Gasteiger partial charge on any atom is 0.254 e. The van der Waals surface area contributed by atoms with Crippen LogP contribution >= 0.6 is 31.9 Å². The normalized spacial score (nSPS) is 19.2. The molecule has 1 amide bonds. The number of hydrogen-bond acceptors (Lipinski definition) is 2. The molecule has 0 spiro atoms. The molecule has 0 radical (unpaired) electrons. The van der Waals surface area contributed by atoms with Crippen molar-refractivity contribution < 1.29 is 9.53 Å². The van der Waals surface area contributed by atoms with Gasteiger partial charge in [-0.15, -0.1) is 0 Å². The lowest BCUT2D eigenvalue weighted by molar-refractivity contribution is 0.0388. The third-order valence-corrected chi connectivity index (χ3v) is 4.44. The highest BCUT2D eigenvalue weighted by atomic mass is 79.9. The van der Waals surface area contributed by atoms with Gasteiger partial charge >= 0.3 is 0 Å². The Hall–Kier alpha value is -0.390. The van der Waals surface area contributed by atoms with Crippen molar-refractivity contribution in [1.82, 2.24) is 4.90 Å². The fourth-order valence-corrected chi connectivity index (χ4v) is 3.51. The van der Waals surface area contributed by atoms with E-state index in [-0.39, 0.29) is 5.91 Å². The molecule has 1 saturated heterocycles. The number of halogens is 2. The van der Waals surface area contributed by atoms with Gasteiger partial charge in [-0.3, -0.25) is 4.79 Å². The number of hydrogen-bond donors (Lipinski definition) is 0. The smallest absolute Gasteiger partial charge is 0.254 e. The summed E-state index contributed by atoms with van der Waals surface area (Å²) >= 11 is 6.83. The van der Waals surface area contributed by atoms with Gasteiger partial charge in [0.2, 0.25) is 0 Å². The lowest BCUT2D eigenvalue weighted by atomic mass is 10.0. The first-order valence-corrected chi connectivity index (χ1v) is 7.95. The summed E-state index contributed by atoms with van der Waals surface area (Å²) in [5.41, 5.74) is 0.697. The second-order valence-corrected chi connectivity index (χ2v) is 6.66. The number of nitrogens with zero attached hydrogens (tertiary/aromatic N) is 1. The fraction of sp³-hybridized carbons (Fsp3) is 0.500. The van der Waals surface area contributed by atoms with Gasteiger partial charge in [-0.1, -0.05) is 15.9 Å². The number of ether oxygens (including phenoxy) is 1. The molecule has 1 unspecified atom stereocenters. The maximum atomic E-state index is 12.4. The Kier molecular flexibility index (Phi) is 5.42. The predicted molar refractivity (Wildman–Crippen MR) is 82.3 cm³/mol. The molecule has 104 valence electrons. The van der Waals surface area contributed by atoms with Gasteiger partial charge in [0, 0.05) is 29.1 Å². The van der Waals surface area contributed by atoms with Crippen molar-refractivity contribution in [1.29, 1.82) is 0 Å². The molecule has 0 bridgehead atoms. The quantitative estimate of drug-likeness (QED) is 0.787. The minimum atomic E-state index is 0.0462. The van der Waals surface area contributed by atoms with Crippen LogP contribution in [0.25, 0.3) is 0 Å². The van der Waals surface area contributed by atoms with Crippen LogP contribution in [0.5, 0.6) is 0 Å². The van der Waals surface area contributed by atoms with E-state index in [1.807, 2.05) is 25.2 Å². The molecule has 5 heteroatoms. The van der Waals surface area contributed by atoms with Gasteiger partial charge in [0.15, 0.2) is 0 Å². The van der Waals surface area contributed by atoms with Crippen LogP contribution in [0.15, 0.2) is 27.1 Å². The topological polar surface area (TPSA) is 29.5 Å². The van der Waals surface area contributed by atoms with E-state index in [1.54, 1.807) is 4.90 Å². The average molecular weight is 391 g/mol. The second-order valence-electron chi connectivity index (χ2n) is 4.89. The molecule has 1 atom stereocenters. The van der Waals surface area contributed by atoms with Crippen LogP contribution < -0.4 is 0 Å². The summed E-state index contributed by atoms with van der Waals surface area (Å²) in [7, 11) is 1.85. The molecule has 2 rings (SSSR count). The first-order valence-electron chi connectivity index (χ1n) is 6.36. The number of carbonyl (C=O) groups excluding carboxylic acids is 1. The van der Waals surface area contributed by atoms with Crippen molar-refractivity contribution in [3.63, 3.8) is 0 Å². The zero-order valence-corrected chi connectivity index (χ0v) is 14.0. The first-order chi connectivity index (χ1) is 9.08. The first kappa shape index (κ1) is 15.0. The largest absolute Gasteiger partial charge is 0.381 e. The number of carbonyl (C=O) groups is 1. The maximum absolute atomic E-state index is 12.4. The SMILES string of the molecule is CN(CC1CCCOC1)C(=O)c1ccc(Br)cc1Br. The lowest BCUT2D eigenvalue weighted by Gasteiger charge is -2.27. The van der Waals surface area contributed by atoms with Crippen LogP contribution in [-0.4, -0.2) is 37.6 Å². The van der Waals surface area contributed by atoms with Crippen molar-refractivity contribution in [3.05, 3.63) is 32.7 Å². The van der Waals surface area contributed by atoms with Gasteiger partial charge in [0.05, 0.1) is 12.2 Å². The van der Waals surface area contributed by atoms with Crippen LogP contribution in [0.1, 0.15) is 23.2 Å². The van der Waals surface area contributed by atoms with Crippen molar-refractivity contribution in [2.45, 2.75) is 12.8 Å². The van der Waals surface area contributed by atoms with Crippen LogP contribution in [0.3, 0.4) is 0 Å². The molecular formula is C14H17Br2NO2. The van der Waals surface area contributed by atoms with E-state index in [1.165, 1.54) is 0 Å². The van der Waals surface area contributed by atoms with Crippen LogP contribution in [-0.2, 0) is 4.74 Å². The van der Waals surface area contributed by atoms with Gasteiger partial charge in [-0.2, -0.15) is 0 Å². The molecule has 0 N–H and O–H groups in total. The Morgan fingerprint density at radius 1 is 1.47 bits per heavy atom.